The van der Waals surface area contributed by atoms with Crippen molar-refractivity contribution in [3.05, 3.63) is 0 Å². The molecule has 2 fully saturated rings. The largest absolute Gasteiger partial charge is 0.342 e. The molecule has 0 spiro atoms. The molecular weight excluding hydrogens is 318 g/mol. The van der Waals surface area contributed by atoms with Crippen LogP contribution < -0.4 is 4.72 Å². The number of nitrogens with one attached hydrogen (secondary N) is 1. The highest BCUT2D eigenvalue weighted by molar-refractivity contribution is 7.87. The molecule has 0 aromatic rings. The van der Waals surface area contributed by atoms with Crippen molar-refractivity contribution in [3.8, 4) is 0 Å². The van der Waals surface area contributed by atoms with Gasteiger partial charge in [0.25, 0.3) is 0 Å². The first-order chi connectivity index (χ1) is 10.8. The number of nitrogens with zero attached hydrogens (tertiary/aromatic N) is 2. The Labute approximate surface area is 138 Å². The molecule has 132 valence electrons. The second-order valence-corrected chi connectivity index (χ2v) is 8.38. The lowest BCUT2D eigenvalue weighted by Crippen LogP contribution is -2.51. The predicted octanol–water partition coefficient (Wildman–Crippen LogP) is 0.728. The van der Waals surface area contributed by atoms with E-state index in [1.54, 1.807) is 4.90 Å². The standard InChI is InChI=1S/C15H27N3O4S/c1-12(2)15(20)17-8-6-7-13(11-17)14(19)16-23(21,22)18-9-4-3-5-10-18/h12-13H,3-11H2,1-2H3,(H,16,19)/t13-/m1/s1. The van der Waals surface area contributed by atoms with Crippen LogP contribution >= 0.6 is 0 Å². The van der Waals surface area contributed by atoms with E-state index in [9.17, 15) is 18.0 Å². The van der Waals surface area contributed by atoms with Crippen LogP contribution in [-0.4, -0.2) is 55.6 Å². The number of amides is 2. The molecule has 2 rings (SSSR count). The van der Waals surface area contributed by atoms with E-state index in [1.807, 2.05) is 13.8 Å². The Bertz CT molecular complexity index is 541. The number of piperidine rings is 2. The molecule has 0 bridgehead atoms. The topological polar surface area (TPSA) is 86.8 Å². The number of carbonyl (C=O) groups excluding carboxylic acids is 2. The van der Waals surface area contributed by atoms with Crippen molar-refractivity contribution in [2.24, 2.45) is 11.8 Å². The fourth-order valence-corrected chi connectivity index (χ4v) is 4.43. The lowest BCUT2D eigenvalue weighted by molar-refractivity contribution is -0.138. The summed E-state index contributed by atoms with van der Waals surface area (Å²) in [5.41, 5.74) is 0. The summed E-state index contributed by atoms with van der Waals surface area (Å²) in [6.45, 7) is 5.52. The summed E-state index contributed by atoms with van der Waals surface area (Å²) in [6.07, 6.45) is 4.02. The van der Waals surface area contributed by atoms with Crippen LogP contribution in [0.4, 0.5) is 0 Å². The van der Waals surface area contributed by atoms with Crippen molar-refractivity contribution >= 4 is 22.0 Å². The molecule has 2 amide bonds. The lowest BCUT2D eigenvalue weighted by atomic mass is 9.96. The van der Waals surface area contributed by atoms with Crippen LogP contribution in [0.2, 0.25) is 0 Å². The van der Waals surface area contributed by atoms with Gasteiger partial charge in [0, 0.05) is 32.1 Å². The first-order valence-electron chi connectivity index (χ1n) is 8.42. The van der Waals surface area contributed by atoms with E-state index in [2.05, 4.69) is 4.72 Å². The van der Waals surface area contributed by atoms with E-state index in [0.717, 1.165) is 25.7 Å². The highest BCUT2D eigenvalue weighted by Gasteiger charge is 2.33. The highest BCUT2D eigenvalue weighted by atomic mass is 32.2. The van der Waals surface area contributed by atoms with Crippen LogP contribution in [0.5, 0.6) is 0 Å². The number of hydrogen-bond acceptors (Lipinski definition) is 4. The summed E-state index contributed by atoms with van der Waals surface area (Å²) >= 11 is 0. The molecule has 2 aliphatic rings. The Hall–Kier alpha value is -1.15. The Morgan fingerprint density at radius 1 is 1.04 bits per heavy atom. The van der Waals surface area contributed by atoms with Crippen LogP contribution in [-0.2, 0) is 19.8 Å². The predicted molar refractivity (Wildman–Crippen MR) is 86.6 cm³/mol. The van der Waals surface area contributed by atoms with Gasteiger partial charge in [-0.25, -0.2) is 4.72 Å². The van der Waals surface area contributed by atoms with Crippen molar-refractivity contribution in [3.63, 3.8) is 0 Å². The fourth-order valence-electron chi connectivity index (χ4n) is 3.14. The van der Waals surface area contributed by atoms with Crippen molar-refractivity contribution < 1.29 is 18.0 Å². The molecule has 2 saturated heterocycles. The maximum atomic E-state index is 12.3. The van der Waals surface area contributed by atoms with Crippen molar-refractivity contribution in [2.75, 3.05) is 26.2 Å². The number of hydrogen-bond donors (Lipinski definition) is 1. The number of carbonyl (C=O) groups is 2. The highest BCUT2D eigenvalue weighted by Crippen LogP contribution is 2.19. The lowest BCUT2D eigenvalue weighted by Gasteiger charge is -2.33. The maximum absolute atomic E-state index is 12.3. The first-order valence-corrected chi connectivity index (χ1v) is 9.86. The summed E-state index contributed by atoms with van der Waals surface area (Å²) in [4.78, 5) is 26.1. The zero-order valence-electron chi connectivity index (χ0n) is 14.0. The third-order valence-corrected chi connectivity index (χ3v) is 5.99. The summed E-state index contributed by atoms with van der Waals surface area (Å²) in [5, 5.41) is 0. The van der Waals surface area contributed by atoms with E-state index in [4.69, 9.17) is 0 Å². The molecule has 2 heterocycles. The van der Waals surface area contributed by atoms with E-state index in [-0.39, 0.29) is 11.8 Å². The van der Waals surface area contributed by atoms with Gasteiger partial charge in [0.2, 0.25) is 11.8 Å². The molecule has 8 heteroatoms. The fraction of sp³-hybridized carbons (Fsp3) is 0.867. The normalized spacial score (nSPS) is 23.8. The maximum Gasteiger partial charge on any atom is 0.303 e. The zero-order valence-corrected chi connectivity index (χ0v) is 14.8. The monoisotopic (exact) mass is 345 g/mol. The van der Waals surface area contributed by atoms with Gasteiger partial charge >= 0.3 is 10.2 Å². The first kappa shape index (κ1) is 18.2. The summed E-state index contributed by atoms with van der Waals surface area (Å²) in [5.74, 6) is -1.04. The number of rotatable bonds is 4. The molecule has 23 heavy (non-hydrogen) atoms. The smallest absolute Gasteiger partial charge is 0.303 e. The molecule has 0 saturated carbocycles. The average Bonchev–Trinajstić information content (AvgIpc) is 2.54. The Morgan fingerprint density at radius 2 is 1.70 bits per heavy atom. The molecule has 0 aromatic heterocycles. The van der Waals surface area contributed by atoms with Gasteiger partial charge in [0.05, 0.1) is 5.92 Å². The van der Waals surface area contributed by atoms with Gasteiger partial charge in [0.15, 0.2) is 0 Å². The minimum atomic E-state index is -3.76. The van der Waals surface area contributed by atoms with E-state index in [1.165, 1.54) is 4.31 Å². The van der Waals surface area contributed by atoms with Gasteiger partial charge < -0.3 is 4.90 Å². The quantitative estimate of drug-likeness (QED) is 0.814. The van der Waals surface area contributed by atoms with Gasteiger partial charge in [-0.05, 0) is 25.7 Å². The molecule has 1 atom stereocenters. The van der Waals surface area contributed by atoms with E-state index in [0.29, 0.717) is 32.6 Å². The minimum absolute atomic E-state index is 0.0152. The van der Waals surface area contributed by atoms with Gasteiger partial charge in [-0.1, -0.05) is 20.3 Å². The molecule has 0 aromatic carbocycles. The molecule has 7 nitrogen and oxygen atoms in total. The summed E-state index contributed by atoms with van der Waals surface area (Å²) in [6, 6.07) is 0. The van der Waals surface area contributed by atoms with E-state index < -0.39 is 22.0 Å². The average molecular weight is 345 g/mol. The van der Waals surface area contributed by atoms with Crippen molar-refractivity contribution in [1.82, 2.24) is 13.9 Å². The Balaban J connectivity index is 1.95. The third-order valence-electron chi connectivity index (χ3n) is 4.48. The summed E-state index contributed by atoms with van der Waals surface area (Å²) < 4.78 is 28.1. The van der Waals surface area contributed by atoms with E-state index >= 15 is 0 Å². The van der Waals surface area contributed by atoms with Gasteiger partial charge in [-0.2, -0.15) is 12.7 Å². The Morgan fingerprint density at radius 3 is 2.30 bits per heavy atom. The second kappa shape index (κ2) is 7.61. The van der Waals surface area contributed by atoms with Crippen LogP contribution in [0, 0.1) is 11.8 Å². The second-order valence-electron chi connectivity index (χ2n) is 6.71. The SMILES string of the molecule is CC(C)C(=O)N1CCC[C@@H](C(=O)NS(=O)(=O)N2CCCCC2)C1. The van der Waals surface area contributed by atoms with Crippen LogP contribution in [0.15, 0.2) is 0 Å². The summed E-state index contributed by atoms with van der Waals surface area (Å²) in [7, 11) is -3.76. The molecule has 0 unspecified atom stereocenters. The minimum Gasteiger partial charge on any atom is -0.342 e. The zero-order chi connectivity index (χ0) is 17.0. The van der Waals surface area contributed by atoms with Crippen LogP contribution in [0.25, 0.3) is 0 Å². The van der Waals surface area contributed by atoms with Gasteiger partial charge in [-0.15, -0.1) is 0 Å². The molecular formula is C15H27N3O4S. The number of likely N-dealkylation sites (tertiary alicyclic amines) is 1. The third kappa shape index (κ3) is 4.67. The van der Waals surface area contributed by atoms with Crippen LogP contribution in [0.1, 0.15) is 46.0 Å². The molecule has 1 N–H and O–H groups in total. The molecule has 2 aliphatic heterocycles. The van der Waals surface area contributed by atoms with Crippen molar-refractivity contribution in [1.29, 1.82) is 0 Å². The van der Waals surface area contributed by atoms with Crippen molar-refractivity contribution in [2.45, 2.75) is 46.0 Å². The van der Waals surface area contributed by atoms with Gasteiger partial charge in [0.1, 0.15) is 0 Å². The van der Waals surface area contributed by atoms with Gasteiger partial charge in [-0.3, -0.25) is 9.59 Å². The molecule has 0 radical (unpaired) electrons. The van der Waals surface area contributed by atoms with Crippen LogP contribution in [0.3, 0.4) is 0 Å². The molecule has 0 aliphatic carbocycles. The Kier molecular flexibility index (Phi) is 6.02.